The molecule has 2 fully saturated rings. The molecule has 7 nitrogen and oxygen atoms in total. The van der Waals surface area contributed by atoms with Crippen LogP contribution < -0.4 is 5.32 Å². The van der Waals surface area contributed by atoms with Gasteiger partial charge in [0.25, 0.3) is 5.92 Å². The number of H-pyrrole nitrogens is 1. The van der Waals surface area contributed by atoms with E-state index in [1.54, 1.807) is 45.0 Å². The standard InChI is InChI=1S/C34H35F2N4O3P/c1-33(2,3)43-32(42)40-14-4-6-28(40)31(41)37-21-10-12-23-22-11-8-19(16-24(22)34(35,36)25(23)18-21)20-9-13-26-27(17-20)39-30(38-26)29-7-5-15-44-29/h8-13,16-18,28-29,44H,4-7,14-15H2,1-3H3,(H,37,41)(H,38,39)/t28-,29+/m0/s1. The molecule has 2 saturated heterocycles. The molecule has 44 heavy (non-hydrogen) atoms. The lowest BCUT2D eigenvalue weighted by molar-refractivity contribution is -0.120. The molecular formula is C34H35F2N4O3P. The third-order valence-corrected chi connectivity index (χ3v) is 10.4. The van der Waals surface area contributed by atoms with Crippen LogP contribution in [0.2, 0.25) is 0 Å². The lowest BCUT2D eigenvalue weighted by atomic mass is 9.98. The Balaban J connectivity index is 1.12. The zero-order valence-corrected chi connectivity index (χ0v) is 26.0. The van der Waals surface area contributed by atoms with E-state index >= 15 is 8.78 Å². The van der Waals surface area contributed by atoms with E-state index in [2.05, 4.69) is 10.3 Å². The number of halogens is 2. The van der Waals surface area contributed by atoms with Gasteiger partial charge in [0.05, 0.1) is 11.0 Å². The van der Waals surface area contributed by atoms with E-state index in [0.29, 0.717) is 41.7 Å². The van der Waals surface area contributed by atoms with E-state index in [4.69, 9.17) is 9.72 Å². The first kappa shape index (κ1) is 28.9. The van der Waals surface area contributed by atoms with Crippen molar-refractivity contribution in [2.45, 2.75) is 69.7 Å². The molecule has 3 atom stereocenters. The predicted molar refractivity (Wildman–Crippen MR) is 170 cm³/mol. The maximum atomic E-state index is 16.0. The number of nitrogens with one attached hydrogen (secondary N) is 2. The minimum Gasteiger partial charge on any atom is -0.444 e. The number of carbonyl (C=O) groups is 2. The molecule has 0 saturated carbocycles. The Bertz CT molecular complexity index is 1790. The Morgan fingerprint density at radius 2 is 1.73 bits per heavy atom. The summed E-state index contributed by atoms with van der Waals surface area (Å²) in [4.78, 5) is 35.5. The second-order valence-electron chi connectivity index (χ2n) is 12.9. The van der Waals surface area contributed by atoms with Gasteiger partial charge in [0.1, 0.15) is 17.5 Å². The number of anilines is 1. The number of amides is 2. The maximum Gasteiger partial charge on any atom is 0.410 e. The van der Waals surface area contributed by atoms with Crippen molar-refractivity contribution in [3.05, 3.63) is 71.5 Å². The van der Waals surface area contributed by atoms with E-state index in [0.717, 1.165) is 37.4 Å². The fraction of sp³-hybridized carbons (Fsp3) is 0.382. The van der Waals surface area contributed by atoms with E-state index in [9.17, 15) is 9.59 Å². The summed E-state index contributed by atoms with van der Waals surface area (Å²) in [6, 6.07) is 15.0. The lowest BCUT2D eigenvalue weighted by Gasteiger charge is -2.28. The summed E-state index contributed by atoms with van der Waals surface area (Å²) in [5.74, 6) is -2.64. The Morgan fingerprint density at radius 3 is 2.48 bits per heavy atom. The molecule has 1 aliphatic carbocycles. The number of fused-ring (bicyclic) bond motifs is 4. The number of hydrogen-bond donors (Lipinski definition) is 2. The number of rotatable bonds is 4. The molecule has 2 amide bonds. The summed E-state index contributed by atoms with van der Waals surface area (Å²) < 4.78 is 37.5. The second-order valence-corrected chi connectivity index (χ2v) is 14.5. The summed E-state index contributed by atoms with van der Waals surface area (Å²) in [5, 5.41) is 2.77. The number of aromatic amines is 1. The average molecular weight is 617 g/mol. The number of alkyl halides is 2. The minimum absolute atomic E-state index is 0.0575. The fourth-order valence-electron chi connectivity index (χ4n) is 6.58. The van der Waals surface area contributed by atoms with Crippen LogP contribution in [0, 0.1) is 0 Å². The van der Waals surface area contributed by atoms with Crippen molar-refractivity contribution in [3.63, 3.8) is 0 Å². The zero-order chi connectivity index (χ0) is 30.8. The Hall–Kier alpha value is -3.84. The van der Waals surface area contributed by atoms with Crippen LogP contribution in [0.15, 0.2) is 54.6 Å². The smallest absolute Gasteiger partial charge is 0.410 e. The van der Waals surface area contributed by atoms with Crippen molar-refractivity contribution in [1.82, 2.24) is 14.9 Å². The molecular weight excluding hydrogens is 581 g/mol. The fourth-order valence-corrected chi connectivity index (χ4v) is 8.07. The highest BCUT2D eigenvalue weighted by Gasteiger charge is 2.45. The number of likely N-dealkylation sites (tertiary alicyclic amines) is 1. The monoisotopic (exact) mass is 616 g/mol. The molecule has 1 unspecified atom stereocenters. The van der Waals surface area contributed by atoms with Crippen molar-refractivity contribution >= 4 is 37.3 Å². The topological polar surface area (TPSA) is 87.3 Å². The van der Waals surface area contributed by atoms with E-state index < -0.39 is 29.6 Å². The van der Waals surface area contributed by atoms with E-state index in [1.807, 2.05) is 24.3 Å². The molecule has 2 N–H and O–H groups in total. The van der Waals surface area contributed by atoms with Crippen LogP contribution in [0.1, 0.15) is 69.1 Å². The second kappa shape index (κ2) is 10.7. The van der Waals surface area contributed by atoms with Gasteiger partial charge in [-0.3, -0.25) is 9.69 Å². The molecule has 0 radical (unpaired) electrons. The first-order chi connectivity index (χ1) is 21.0. The van der Waals surface area contributed by atoms with Crippen LogP contribution in [-0.4, -0.2) is 51.2 Å². The van der Waals surface area contributed by atoms with E-state index in [1.165, 1.54) is 23.5 Å². The van der Waals surface area contributed by atoms with Crippen molar-refractivity contribution in [1.29, 1.82) is 0 Å². The van der Waals surface area contributed by atoms with Crippen molar-refractivity contribution in [3.8, 4) is 22.3 Å². The van der Waals surface area contributed by atoms with E-state index in [-0.39, 0.29) is 16.8 Å². The molecule has 0 spiro atoms. The van der Waals surface area contributed by atoms with Crippen LogP contribution in [0.25, 0.3) is 33.3 Å². The van der Waals surface area contributed by atoms with Crippen LogP contribution >= 0.6 is 8.58 Å². The predicted octanol–water partition coefficient (Wildman–Crippen LogP) is 8.20. The third-order valence-electron chi connectivity index (χ3n) is 8.68. The summed E-state index contributed by atoms with van der Waals surface area (Å²) in [6.07, 6.45) is 4.22. The molecule has 3 aliphatic rings. The molecule has 3 heterocycles. The lowest BCUT2D eigenvalue weighted by Crippen LogP contribution is -2.45. The van der Waals surface area contributed by atoms with Gasteiger partial charge in [0, 0.05) is 29.0 Å². The molecule has 7 rings (SSSR count). The molecule has 0 bridgehead atoms. The molecule has 2 aliphatic heterocycles. The summed E-state index contributed by atoms with van der Waals surface area (Å²) in [5.41, 5.74) is 4.12. The third kappa shape index (κ3) is 5.15. The summed E-state index contributed by atoms with van der Waals surface area (Å²) in [6.45, 7) is 5.72. The molecule has 228 valence electrons. The largest absolute Gasteiger partial charge is 0.444 e. The number of aromatic nitrogens is 2. The van der Waals surface area contributed by atoms with Gasteiger partial charge in [-0.2, -0.15) is 8.78 Å². The van der Waals surface area contributed by atoms with Gasteiger partial charge in [0.2, 0.25) is 5.91 Å². The van der Waals surface area contributed by atoms with Gasteiger partial charge in [-0.1, -0.05) is 24.3 Å². The minimum atomic E-state index is -3.24. The number of hydrogen-bond acceptors (Lipinski definition) is 4. The van der Waals surface area contributed by atoms with Gasteiger partial charge in [-0.05, 0) is 105 Å². The van der Waals surface area contributed by atoms with Gasteiger partial charge < -0.3 is 15.0 Å². The zero-order valence-electron chi connectivity index (χ0n) is 25.0. The SMILES string of the molecule is CC(C)(C)OC(=O)N1CCC[C@H]1C(=O)Nc1ccc2c(c1)C(F)(F)c1cc(-c3ccc4nc([C@H]5CCCP5)[nH]c4c3)ccc1-2. The first-order valence-electron chi connectivity index (χ1n) is 15.2. The highest BCUT2D eigenvalue weighted by molar-refractivity contribution is 7.38. The molecule has 1 aromatic heterocycles. The van der Waals surface area contributed by atoms with Crippen LogP contribution in [0.3, 0.4) is 0 Å². The number of benzene rings is 3. The maximum absolute atomic E-state index is 16.0. The molecule has 4 aromatic rings. The number of imidazole rings is 1. The normalized spacial score (nSPS) is 21.1. The Morgan fingerprint density at radius 1 is 1.00 bits per heavy atom. The number of nitrogens with zero attached hydrogens (tertiary/aromatic N) is 2. The highest BCUT2D eigenvalue weighted by Crippen LogP contribution is 2.52. The summed E-state index contributed by atoms with van der Waals surface area (Å²) in [7, 11) is 0.886. The molecule has 3 aromatic carbocycles. The summed E-state index contributed by atoms with van der Waals surface area (Å²) >= 11 is 0. The van der Waals surface area contributed by atoms with Crippen molar-refractivity contribution in [2.75, 3.05) is 18.0 Å². The number of carbonyl (C=O) groups excluding carboxylic acids is 2. The quantitative estimate of drug-likeness (QED) is 0.226. The average Bonchev–Trinajstić information content (AvgIpc) is 3.78. The van der Waals surface area contributed by atoms with Crippen LogP contribution in [-0.2, 0) is 15.5 Å². The van der Waals surface area contributed by atoms with Gasteiger partial charge in [0.15, 0.2) is 0 Å². The Kier molecular flexibility index (Phi) is 7.00. The van der Waals surface area contributed by atoms with Gasteiger partial charge in [-0.15, -0.1) is 8.58 Å². The van der Waals surface area contributed by atoms with Crippen LogP contribution in [0.5, 0.6) is 0 Å². The van der Waals surface area contributed by atoms with Crippen molar-refractivity contribution in [2.24, 2.45) is 0 Å². The first-order valence-corrected chi connectivity index (χ1v) is 16.5. The highest BCUT2D eigenvalue weighted by atomic mass is 31.1. The van der Waals surface area contributed by atoms with Crippen molar-refractivity contribution < 1.29 is 23.1 Å². The molecule has 10 heteroatoms. The number of ether oxygens (including phenoxy) is 1. The van der Waals surface area contributed by atoms with Gasteiger partial charge >= 0.3 is 6.09 Å². The Labute approximate surface area is 256 Å². The van der Waals surface area contributed by atoms with Gasteiger partial charge in [-0.25, -0.2) is 9.78 Å². The van der Waals surface area contributed by atoms with Crippen LogP contribution in [0.4, 0.5) is 19.3 Å².